The minimum absolute atomic E-state index is 0.307. The third-order valence-corrected chi connectivity index (χ3v) is 4.21. The first-order valence-electron chi connectivity index (χ1n) is 6.11. The topological polar surface area (TPSA) is 58.4 Å². The van der Waals surface area contributed by atoms with Crippen molar-refractivity contribution in [3.8, 4) is 0 Å². The van der Waals surface area contributed by atoms with Crippen LogP contribution in [0.4, 0.5) is 0 Å². The van der Waals surface area contributed by atoms with Crippen LogP contribution in [-0.2, 0) is 17.9 Å². The third kappa shape index (κ3) is 1.57. The zero-order chi connectivity index (χ0) is 12.0. The van der Waals surface area contributed by atoms with Crippen molar-refractivity contribution in [1.82, 2.24) is 14.5 Å². The van der Waals surface area contributed by atoms with E-state index in [1.165, 1.54) is 0 Å². The number of carbonyl (C=O) groups is 1. The summed E-state index contributed by atoms with van der Waals surface area (Å²) < 4.78 is 2.10. The fourth-order valence-corrected chi connectivity index (χ4v) is 2.78. The SMILES string of the molecule is CC(C(=O)O)(C1CC1)N1CCn2ccnc2C1. The minimum atomic E-state index is -0.711. The first-order valence-corrected chi connectivity index (χ1v) is 6.11. The standard InChI is InChI=1S/C12H17N3O2/c1-12(11(16)17,9-2-3-9)15-7-6-14-5-4-13-10(14)8-15/h4-5,9H,2-3,6-8H2,1H3,(H,16,17). The highest BCUT2D eigenvalue weighted by molar-refractivity contribution is 5.79. The molecular weight excluding hydrogens is 218 g/mol. The molecule has 0 spiro atoms. The Bertz CT molecular complexity index is 452. The molecule has 92 valence electrons. The Hall–Kier alpha value is -1.36. The Balaban J connectivity index is 1.87. The van der Waals surface area contributed by atoms with Gasteiger partial charge in [0.2, 0.25) is 0 Å². The maximum atomic E-state index is 11.6. The molecule has 2 aliphatic rings. The van der Waals surface area contributed by atoms with E-state index in [-0.39, 0.29) is 0 Å². The van der Waals surface area contributed by atoms with Crippen molar-refractivity contribution in [2.45, 2.75) is 38.4 Å². The van der Waals surface area contributed by atoms with Gasteiger partial charge in [-0.3, -0.25) is 9.69 Å². The number of carboxylic acid groups (broad SMARTS) is 1. The first kappa shape index (κ1) is 10.8. The highest BCUT2D eigenvalue weighted by atomic mass is 16.4. The highest BCUT2D eigenvalue weighted by Gasteiger charge is 2.52. The van der Waals surface area contributed by atoms with Gasteiger partial charge in [-0.2, -0.15) is 0 Å². The number of rotatable bonds is 3. The summed E-state index contributed by atoms with van der Waals surface area (Å²) in [5.74, 6) is 0.589. The monoisotopic (exact) mass is 235 g/mol. The average molecular weight is 235 g/mol. The van der Waals surface area contributed by atoms with Crippen molar-refractivity contribution < 1.29 is 9.90 Å². The number of hydrogen-bond acceptors (Lipinski definition) is 3. The highest BCUT2D eigenvalue weighted by Crippen LogP contribution is 2.44. The van der Waals surface area contributed by atoms with Crippen LogP contribution in [0.25, 0.3) is 0 Å². The second-order valence-electron chi connectivity index (χ2n) is 5.19. The zero-order valence-corrected chi connectivity index (χ0v) is 9.96. The number of imidazole rings is 1. The Morgan fingerprint density at radius 2 is 2.29 bits per heavy atom. The van der Waals surface area contributed by atoms with Gasteiger partial charge in [0.15, 0.2) is 0 Å². The summed E-state index contributed by atoms with van der Waals surface area (Å²) in [6.07, 6.45) is 5.82. The zero-order valence-electron chi connectivity index (χ0n) is 9.96. The summed E-state index contributed by atoms with van der Waals surface area (Å²) in [5.41, 5.74) is -0.711. The van der Waals surface area contributed by atoms with Crippen LogP contribution in [0.1, 0.15) is 25.6 Å². The Kier molecular flexibility index (Phi) is 2.26. The molecule has 1 saturated carbocycles. The molecule has 5 nitrogen and oxygen atoms in total. The predicted octanol–water partition coefficient (Wildman–Crippen LogP) is 0.952. The van der Waals surface area contributed by atoms with Gasteiger partial charge in [0.25, 0.3) is 0 Å². The summed E-state index contributed by atoms with van der Waals surface area (Å²) in [4.78, 5) is 18.0. The number of aliphatic carboxylic acids is 1. The van der Waals surface area contributed by atoms with E-state index in [0.29, 0.717) is 12.5 Å². The van der Waals surface area contributed by atoms with Gasteiger partial charge in [0.05, 0.1) is 6.54 Å². The molecule has 1 aromatic rings. The Morgan fingerprint density at radius 1 is 1.53 bits per heavy atom. The largest absolute Gasteiger partial charge is 0.480 e. The molecule has 1 fully saturated rings. The molecule has 1 unspecified atom stereocenters. The maximum Gasteiger partial charge on any atom is 0.324 e. The summed E-state index contributed by atoms with van der Waals surface area (Å²) >= 11 is 0. The van der Waals surface area contributed by atoms with Crippen LogP contribution < -0.4 is 0 Å². The second-order valence-corrected chi connectivity index (χ2v) is 5.19. The van der Waals surface area contributed by atoms with Crippen LogP contribution in [0.3, 0.4) is 0 Å². The molecule has 17 heavy (non-hydrogen) atoms. The van der Waals surface area contributed by atoms with E-state index >= 15 is 0 Å². The Labute approximate surface area is 100 Å². The van der Waals surface area contributed by atoms with E-state index in [9.17, 15) is 9.90 Å². The molecule has 2 heterocycles. The molecule has 1 atom stereocenters. The average Bonchev–Trinajstić information content (AvgIpc) is 3.06. The molecule has 1 aromatic heterocycles. The van der Waals surface area contributed by atoms with Gasteiger partial charge in [-0.1, -0.05) is 0 Å². The minimum Gasteiger partial charge on any atom is -0.480 e. The second kappa shape index (κ2) is 3.57. The van der Waals surface area contributed by atoms with E-state index in [4.69, 9.17) is 0 Å². The van der Waals surface area contributed by atoms with E-state index in [2.05, 4.69) is 14.5 Å². The lowest BCUT2D eigenvalue weighted by Gasteiger charge is -2.40. The van der Waals surface area contributed by atoms with E-state index in [1.54, 1.807) is 6.20 Å². The summed E-state index contributed by atoms with van der Waals surface area (Å²) in [6, 6.07) is 0. The van der Waals surface area contributed by atoms with Crippen molar-refractivity contribution in [1.29, 1.82) is 0 Å². The summed E-state index contributed by atoms with van der Waals surface area (Å²) in [6.45, 7) is 4.14. The molecule has 0 radical (unpaired) electrons. The molecular formula is C12H17N3O2. The van der Waals surface area contributed by atoms with Gasteiger partial charge in [0, 0.05) is 25.5 Å². The number of aromatic nitrogens is 2. The smallest absolute Gasteiger partial charge is 0.324 e. The maximum absolute atomic E-state index is 11.6. The van der Waals surface area contributed by atoms with Gasteiger partial charge in [-0.05, 0) is 25.7 Å². The molecule has 3 rings (SSSR count). The van der Waals surface area contributed by atoms with E-state index in [0.717, 1.165) is 31.8 Å². The first-order chi connectivity index (χ1) is 8.12. The predicted molar refractivity (Wildman–Crippen MR) is 61.4 cm³/mol. The van der Waals surface area contributed by atoms with E-state index < -0.39 is 11.5 Å². The van der Waals surface area contributed by atoms with Crippen LogP contribution >= 0.6 is 0 Å². The summed E-state index contributed by atoms with van der Waals surface area (Å²) in [7, 11) is 0. The van der Waals surface area contributed by atoms with Gasteiger partial charge in [-0.15, -0.1) is 0 Å². The van der Waals surface area contributed by atoms with Crippen LogP contribution in [0.2, 0.25) is 0 Å². The number of fused-ring (bicyclic) bond motifs is 1. The molecule has 1 aliphatic carbocycles. The lowest BCUT2D eigenvalue weighted by molar-refractivity contribution is -0.153. The lowest BCUT2D eigenvalue weighted by Crippen LogP contribution is -2.56. The quantitative estimate of drug-likeness (QED) is 0.847. The fourth-order valence-electron chi connectivity index (χ4n) is 2.78. The molecule has 0 saturated heterocycles. The lowest BCUT2D eigenvalue weighted by atomic mass is 9.93. The van der Waals surface area contributed by atoms with Crippen LogP contribution in [0, 0.1) is 5.92 Å². The molecule has 5 heteroatoms. The van der Waals surface area contributed by atoms with Crippen LogP contribution in [0.15, 0.2) is 12.4 Å². The third-order valence-electron chi connectivity index (χ3n) is 4.21. The van der Waals surface area contributed by atoms with Gasteiger partial charge < -0.3 is 9.67 Å². The van der Waals surface area contributed by atoms with Crippen molar-refractivity contribution in [2.24, 2.45) is 5.92 Å². The summed E-state index contributed by atoms with van der Waals surface area (Å²) in [5, 5.41) is 9.52. The normalized spacial score (nSPS) is 24.1. The van der Waals surface area contributed by atoms with E-state index in [1.807, 2.05) is 13.1 Å². The molecule has 1 N–H and O–H groups in total. The van der Waals surface area contributed by atoms with Crippen LogP contribution in [-0.4, -0.2) is 37.6 Å². The molecule has 0 aromatic carbocycles. The fraction of sp³-hybridized carbons (Fsp3) is 0.667. The van der Waals surface area contributed by atoms with Crippen molar-refractivity contribution in [3.63, 3.8) is 0 Å². The number of hydrogen-bond donors (Lipinski definition) is 1. The van der Waals surface area contributed by atoms with Crippen molar-refractivity contribution >= 4 is 5.97 Å². The van der Waals surface area contributed by atoms with Gasteiger partial charge >= 0.3 is 5.97 Å². The van der Waals surface area contributed by atoms with Gasteiger partial charge in [0.1, 0.15) is 11.4 Å². The van der Waals surface area contributed by atoms with Gasteiger partial charge in [-0.25, -0.2) is 4.98 Å². The van der Waals surface area contributed by atoms with Crippen molar-refractivity contribution in [3.05, 3.63) is 18.2 Å². The van der Waals surface area contributed by atoms with Crippen LogP contribution in [0.5, 0.6) is 0 Å². The number of carboxylic acids is 1. The Morgan fingerprint density at radius 3 is 2.94 bits per heavy atom. The molecule has 0 bridgehead atoms. The molecule has 1 aliphatic heterocycles. The number of nitrogens with zero attached hydrogens (tertiary/aromatic N) is 3. The van der Waals surface area contributed by atoms with Crippen molar-refractivity contribution in [2.75, 3.05) is 6.54 Å². The molecule has 0 amide bonds.